The van der Waals surface area contributed by atoms with Crippen molar-refractivity contribution in [3.05, 3.63) is 102 Å². The topological polar surface area (TPSA) is 336 Å². The fourth-order valence-corrected chi connectivity index (χ4v) is 7.01. The van der Waals surface area contributed by atoms with Crippen molar-refractivity contribution < 1.29 is 48.9 Å². The van der Waals surface area contributed by atoms with Gasteiger partial charge in [-0.15, -0.1) is 0 Å². The second-order valence-corrected chi connectivity index (χ2v) is 15.2. The molecule has 0 aliphatic carbocycles. The fraction of sp³-hybridized carbons (Fsp3) is 0.341. The molecule has 0 aliphatic heterocycles. The van der Waals surface area contributed by atoms with Crippen LogP contribution >= 0.6 is 0 Å². The summed E-state index contributed by atoms with van der Waals surface area (Å²) in [6.07, 6.45) is 4.32. The van der Waals surface area contributed by atoms with Crippen LogP contribution in [0.3, 0.4) is 0 Å². The Labute approximate surface area is 367 Å². The van der Waals surface area contributed by atoms with Gasteiger partial charge in [0.2, 0.25) is 35.4 Å². The largest absolute Gasteiger partial charge is 0.508 e. The van der Waals surface area contributed by atoms with E-state index in [9.17, 15) is 48.9 Å². The third-order valence-electron chi connectivity index (χ3n) is 10.5. The standard InChI is InChI=1S/C44H54N10O10/c45-16-6-5-11-34(51-38(57)22-50-42(61)37(24-55)54-40(59)31(46)17-25-12-14-28(56)15-13-25)43(62)53-35(18-26-20-47-32-9-3-1-7-29(26)32)41(60)49-23-39(58)52-36(44(63)64)19-27-21-48-33-10-4-2-8-30(27)33/h1-4,7-10,12-15,20-21,31,34-37,47-48,55-56H,5-6,11,16-19,22-24,45-46H2,(H,49,60)(H,50,61)(H,51,57)(H,52,58)(H,53,62)(H,54,59)(H,63,64)/t31-,34-,35-,36-,37-/m0/s1. The van der Waals surface area contributed by atoms with Gasteiger partial charge >= 0.3 is 5.97 Å². The van der Waals surface area contributed by atoms with Gasteiger partial charge in [0.25, 0.3) is 0 Å². The molecular weight excluding hydrogens is 829 g/mol. The lowest BCUT2D eigenvalue weighted by molar-refractivity contribution is -0.141. The number of aromatic amines is 2. The SMILES string of the molecule is NCCCC[C@H](NC(=O)CNC(=O)[C@H](CO)NC(=O)[C@@H](N)Cc1ccc(O)cc1)C(=O)N[C@@H](Cc1c[nH]c2ccccc12)C(=O)NCC(=O)N[C@@H](Cc1c[nH]c2ccccc12)C(=O)O. The number of phenols is 1. The molecule has 0 spiro atoms. The first-order chi connectivity index (χ1) is 30.8. The van der Waals surface area contributed by atoms with E-state index >= 15 is 0 Å². The van der Waals surface area contributed by atoms with Gasteiger partial charge in [0.1, 0.15) is 29.9 Å². The molecular formula is C44H54N10O10. The molecule has 3 aromatic carbocycles. The van der Waals surface area contributed by atoms with Gasteiger partial charge in [-0.05, 0) is 73.2 Å². The van der Waals surface area contributed by atoms with Crippen LogP contribution in [-0.2, 0) is 52.8 Å². The van der Waals surface area contributed by atoms with E-state index in [1.54, 1.807) is 30.6 Å². The molecule has 0 saturated carbocycles. The summed E-state index contributed by atoms with van der Waals surface area (Å²) in [5.74, 6) is -6.01. The van der Waals surface area contributed by atoms with Crippen molar-refractivity contribution in [2.24, 2.45) is 11.5 Å². The number of aromatic nitrogens is 2. The molecule has 0 saturated heterocycles. The van der Waals surface area contributed by atoms with E-state index in [0.29, 0.717) is 36.1 Å². The summed E-state index contributed by atoms with van der Waals surface area (Å²) in [7, 11) is 0. The van der Waals surface area contributed by atoms with Crippen LogP contribution in [-0.4, -0.2) is 123 Å². The predicted octanol–water partition coefficient (Wildman–Crippen LogP) is -0.912. The maximum absolute atomic E-state index is 13.9. The second-order valence-electron chi connectivity index (χ2n) is 15.2. The molecule has 15 N–H and O–H groups in total. The van der Waals surface area contributed by atoms with Crippen LogP contribution in [0.4, 0.5) is 0 Å². The van der Waals surface area contributed by atoms with Crippen molar-refractivity contribution >= 4 is 63.2 Å². The molecule has 5 rings (SSSR count). The highest BCUT2D eigenvalue weighted by molar-refractivity contribution is 5.96. The van der Waals surface area contributed by atoms with Gasteiger partial charge in [-0.25, -0.2) is 4.79 Å². The Bertz CT molecular complexity index is 2420. The van der Waals surface area contributed by atoms with Crippen LogP contribution in [0.1, 0.15) is 36.0 Å². The quantitative estimate of drug-likeness (QED) is 0.0335. The van der Waals surface area contributed by atoms with E-state index in [-0.39, 0.29) is 31.4 Å². The number of para-hydroxylation sites is 2. The van der Waals surface area contributed by atoms with Gasteiger partial charge in [0, 0.05) is 47.0 Å². The summed E-state index contributed by atoms with van der Waals surface area (Å²) >= 11 is 0. The van der Waals surface area contributed by atoms with Gasteiger partial charge in [0.15, 0.2) is 0 Å². The Balaban J connectivity index is 1.21. The molecule has 0 bridgehead atoms. The Morgan fingerprint density at radius 1 is 0.594 bits per heavy atom. The van der Waals surface area contributed by atoms with Crippen molar-refractivity contribution in [2.45, 2.75) is 68.7 Å². The van der Waals surface area contributed by atoms with Crippen LogP contribution in [0, 0.1) is 0 Å². The molecule has 2 aromatic heterocycles. The number of benzene rings is 3. The monoisotopic (exact) mass is 882 g/mol. The first kappa shape index (κ1) is 47.8. The lowest BCUT2D eigenvalue weighted by Crippen LogP contribution is -2.57. The zero-order valence-corrected chi connectivity index (χ0v) is 34.9. The number of carboxylic acid groups (broad SMARTS) is 1. The molecule has 340 valence electrons. The normalized spacial score (nSPS) is 13.5. The van der Waals surface area contributed by atoms with Crippen molar-refractivity contribution in [3.8, 4) is 5.75 Å². The summed E-state index contributed by atoms with van der Waals surface area (Å²) in [6.45, 7) is -1.80. The number of fused-ring (bicyclic) bond motifs is 2. The number of carboxylic acids is 1. The molecule has 0 fully saturated rings. The molecule has 0 unspecified atom stereocenters. The lowest BCUT2D eigenvalue weighted by Gasteiger charge is -2.24. The minimum Gasteiger partial charge on any atom is -0.508 e. The highest BCUT2D eigenvalue weighted by Crippen LogP contribution is 2.21. The molecule has 0 aliphatic rings. The minimum absolute atomic E-state index is 0.0322. The van der Waals surface area contributed by atoms with E-state index in [1.165, 1.54) is 12.1 Å². The number of unbranched alkanes of at least 4 members (excludes halogenated alkanes) is 1. The van der Waals surface area contributed by atoms with Crippen LogP contribution < -0.4 is 43.4 Å². The predicted molar refractivity (Wildman–Crippen MR) is 235 cm³/mol. The first-order valence-electron chi connectivity index (χ1n) is 20.7. The molecule has 5 atom stereocenters. The number of carbonyl (C=O) groups is 7. The number of aliphatic hydroxyl groups is 1. The number of hydrogen-bond donors (Lipinski definition) is 13. The lowest BCUT2D eigenvalue weighted by atomic mass is 10.0. The zero-order valence-electron chi connectivity index (χ0n) is 34.9. The number of hydrogen-bond acceptors (Lipinski definition) is 11. The smallest absolute Gasteiger partial charge is 0.326 e. The highest BCUT2D eigenvalue weighted by Gasteiger charge is 2.30. The summed E-state index contributed by atoms with van der Waals surface area (Å²) in [5, 5.41) is 45.7. The van der Waals surface area contributed by atoms with Crippen molar-refractivity contribution in [3.63, 3.8) is 0 Å². The van der Waals surface area contributed by atoms with E-state index in [2.05, 4.69) is 41.9 Å². The van der Waals surface area contributed by atoms with Crippen LogP contribution in [0.5, 0.6) is 5.75 Å². The van der Waals surface area contributed by atoms with Crippen molar-refractivity contribution in [1.82, 2.24) is 41.9 Å². The number of aliphatic carboxylic acids is 1. The Hall–Kier alpha value is -7.29. The third kappa shape index (κ3) is 13.6. The minimum atomic E-state index is -1.46. The summed E-state index contributed by atoms with van der Waals surface area (Å²) in [6, 6.07) is 14.2. The average molecular weight is 883 g/mol. The summed E-state index contributed by atoms with van der Waals surface area (Å²) in [5.41, 5.74) is 15.2. The number of nitrogens with two attached hydrogens (primary N) is 2. The average Bonchev–Trinajstić information content (AvgIpc) is 3.90. The molecule has 0 radical (unpaired) electrons. The molecule has 6 amide bonds. The molecule has 20 nitrogen and oxygen atoms in total. The zero-order chi connectivity index (χ0) is 46.2. The summed E-state index contributed by atoms with van der Waals surface area (Å²) < 4.78 is 0. The van der Waals surface area contributed by atoms with E-state index in [0.717, 1.165) is 21.8 Å². The molecule has 64 heavy (non-hydrogen) atoms. The third-order valence-corrected chi connectivity index (χ3v) is 10.5. The van der Waals surface area contributed by atoms with Crippen LogP contribution in [0.15, 0.2) is 85.2 Å². The molecule has 5 aromatic rings. The van der Waals surface area contributed by atoms with Crippen LogP contribution in [0.2, 0.25) is 0 Å². The maximum Gasteiger partial charge on any atom is 0.326 e. The highest BCUT2D eigenvalue weighted by atomic mass is 16.4. The maximum atomic E-state index is 13.9. The van der Waals surface area contributed by atoms with Crippen LogP contribution in [0.25, 0.3) is 21.8 Å². The van der Waals surface area contributed by atoms with Crippen molar-refractivity contribution in [2.75, 3.05) is 26.2 Å². The first-order valence-corrected chi connectivity index (χ1v) is 20.7. The Kier molecular flexibility index (Phi) is 17.3. The van der Waals surface area contributed by atoms with Gasteiger partial charge in [0.05, 0.1) is 25.7 Å². The number of rotatable bonds is 24. The van der Waals surface area contributed by atoms with Gasteiger partial charge in [-0.2, -0.15) is 0 Å². The summed E-state index contributed by atoms with van der Waals surface area (Å²) in [4.78, 5) is 98.0. The van der Waals surface area contributed by atoms with E-state index in [1.807, 2.05) is 42.5 Å². The number of phenolic OH excluding ortho intramolecular Hbond substituents is 1. The number of carbonyl (C=O) groups excluding carboxylic acids is 6. The van der Waals surface area contributed by atoms with Gasteiger partial charge in [-0.1, -0.05) is 48.5 Å². The number of aromatic hydroxyl groups is 1. The number of aliphatic hydroxyl groups excluding tert-OH is 1. The van der Waals surface area contributed by atoms with Crippen molar-refractivity contribution in [1.29, 1.82) is 0 Å². The van der Waals surface area contributed by atoms with Gasteiger partial charge in [-0.3, -0.25) is 28.8 Å². The van der Waals surface area contributed by atoms with Gasteiger partial charge < -0.3 is 68.7 Å². The Morgan fingerprint density at radius 3 is 1.66 bits per heavy atom. The van der Waals surface area contributed by atoms with E-state index < -0.39 is 91.3 Å². The Morgan fingerprint density at radius 2 is 1.11 bits per heavy atom. The molecule has 20 heteroatoms. The fourth-order valence-electron chi connectivity index (χ4n) is 7.01. The number of amides is 6. The molecule has 2 heterocycles. The number of H-pyrrole nitrogens is 2. The van der Waals surface area contributed by atoms with E-state index in [4.69, 9.17) is 11.5 Å². The second kappa shape index (κ2) is 23.2. The number of nitrogens with one attached hydrogen (secondary N) is 8.